The van der Waals surface area contributed by atoms with Crippen molar-refractivity contribution >= 4 is 11.8 Å². The molecule has 0 aliphatic heterocycles. The van der Waals surface area contributed by atoms with Gasteiger partial charge in [-0.1, -0.05) is 6.92 Å². The first kappa shape index (κ1) is 15.0. The normalized spacial score (nSPS) is 13.6. The molecule has 0 fully saturated rings. The summed E-state index contributed by atoms with van der Waals surface area (Å²) in [5, 5.41) is 21.0. The summed E-state index contributed by atoms with van der Waals surface area (Å²) in [5.74, 6) is -1.86. The highest BCUT2D eigenvalue weighted by Crippen LogP contribution is 2.30. The molecule has 7 heteroatoms. The fourth-order valence-corrected chi connectivity index (χ4v) is 1.78. The van der Waals surface area contributed by atoms with Crippen LogP contribution in [0.2, 0.25) is 0 Å². The van der Waals surface area contributed by atoms with Crippen molar-refractivity contribution in [3.05, 3.63) is 34.0 Å². The molecule has 1 aromatic rings. The van der Waals surface area contributed by atoms with Crippen LogP contribution < -0.4 is 0 Å². The molecule has 0 bridgehead atoms. The summed E-state index contributed by atoms with van der Waals surface area (Å²) < 4.78 is 4.85. The van der Waals surface area contributed by atoms with Crippen LogP contribution in [0.25, 0.3) is 0 Å². The zero-order chi connectivity index (χ0) is 14.4. The molecule has 104 valence electrons. The molecule has 0 aliphatic rings. The Bertz CT molecular complexity index is 463. The van der Waals surface area contributed by atoms with Crippen LogP contribution in [-0.4, -0.2) is 27.6 Å². The molecule has 0 aliphatic carbocycles. The number of aliphatic hydroxyl groups excluding tert-OH is 1. The van der Waals surface area contributed by atoms with E-state index < -0.39 is 28.7 Å². The monoisotopic (exact) mass is 268 g/mol. The van der Waals surface area contributed by atoms with Crippen LogP contribution in [-0.2, 0) is 9.53 Å². The van der Waals surface area contributed by atoms with E-state index in [0.29, 0.717) is 6.42 Å². The number of ether oxygens (including phenoxy) is 1. The lowest BCUT2D eigenvalue weighted by Crippen LogP contribution is -2.24. The lowest BCUT2D eigenvalue weighted by atomic mass is 9.94. The first-order chi connectivity index (χ1) is 9.02. The highest BCUT2D eigenvalue weighted by molar-refractivity contribution is 5.73. The Morgan fingerprint density at radius 1 is 1.58 bits per heavy atom. The van der Waals surface area contributed by atoms with Gasteiger partial charge in [0.05, 0.1) is 18.1 Å². The van der Waals surface area contributed by atoms with E-state index in [4.69, 9.17) is 4.74 Å². The third-order valence-electron chi connectivity index (χ3n) is 2.72. The number of nitro groups is 1. The van der Waals surface area contributed by atoms with E-state index in [1.54, 1.807) is 13.8 Å². The van der Waals surface area contributed by atoms with Crippen molar-refractivity contribution in [2.75, 3.05) is 6.61 Å². The van der Waals surface area contributed by atoms with E-state index in [1.807, 2.05) is 0 Å². The van der Waals surface area contributed by atoms with Gasteiger partial charge in [0, 0.05) is 0 Å². The van der Waals surface area contributed by atoms with Crippen molar-refractivity contribution in [3.8, 4) is 0 Å². The molecule has 0 amide bonds. The summed E-state index contributed by atoms with van der Waals surface area (Å²) in [6, 6.07) is 2.86. The van der Waals surface area contributed by atoms with Crippen LogP contribution in [0.5, 0.6) is 0 Å². The van der Waals surface area contributed by atoms with Crippen molar-refractivity contribution in [2.45, 2.75) is 26.4 Å². The summed E-state index contributed by atoms with van der Waals surface area (Å²) in [7, 11) is 0. The van der Waals surface area contributed by atoms with Gasteiger partial charge in [-0.2, -0.15) is 0 Å². The molecule has 0 saturated carbocycles. The summed E-state index contributed by atoms with van der Waals surface area (Å²) in [6.45, 7) is 3.55. The maximum Gasteiger partial charge on any atom is 0.369 e. The number of hydrogen-bond acceptors (Lipinski definition) is 6. The van der Waals surface area contributed by atoms with Crippen LogP contribution in [0.3, 0.4) is 0 Å². The van der Waals surface area contributed by atoms with E-state index in [1.165, 1.54) is 18.3 Å². The number of esters is 1. The second kappa shape index (κ2) is 6.79. The van der Waals surface area contributed by atoms with E-state index in [2.05, 4.69) is 4.98 Å². The van der Waals surface area contributed by atoms with Gasteiger partial charge in [0.2, 0.25) is 0 Å². The minimum absolute atomic E-state index is 0.0207. The van der Waals surface area contributed by atoms with Gasteiger partial charge in [0.15, 0.2) is 0 Å². The smallest absolute Gasteiger partial charge is 0.369 e. The first-order valence-corrected chi connectivity index (χ1v) is 5.96. The highest BCUT2D eigenvalue weighted by Gasteiger charge is 2.32. The van der Waals surface area contributed by atoms with Crippen LogP contribution in [0.1, 0.15) is 31.9 Å². The maximum atomic E-state index is 11.7. The SMILES string of the molecule is CCOC(=O)C(CC)C(O)c1cccnc1[N+](=O)[O-]. The standard InChI is InChI=1S/C12H16N2O5/c1-3-8(12(16)19-4-2)10(15)9-6-5-7-13-11(9)14(17)18/h5-8,10,15H,3-4H2,1-2H3. The van der Waals surface area contributed by atoms with Crippen molar-refractivity contribution < 1.29 is 19.6 Å². The summed E-state index contributed by atoms with van der Waals surface area (Å²) in [6.07, 6.45) is 0.268. The number of pyridine rings is 1. The Kier molecular flexibility index (Phi) is 5.37. The lowest BCUT2D eigenvalue weighted by Gasteiger charge is -2.19. The Labute approximate surface area is 110 Å². The predicted molar refractivity (Wildman–Crippen MR) is 66.3 cm³/mol. The molecule has 2 unspecified atom stereocenters. The Morgan fingerprint density at radius 2 is 2.26 bits per heavy atom. The van der Waals surface area contributed by atoms with E-state index >= 15 is 0 Å². The van der Waals surface area contributed by atoms with Crippen LogP contribution in [0.15, 0.2) is 18.3 Å². The number of carbonyl (C=O) groups excluding carboxylic acids is 1. The average molecular weight is 268 g/mol. The van der Waals surface area contributed by atoms with Crippen molar-refractivity contribution in [1.82, 2.24) is 4.98 Å². The maximum absolute atomic E-state index is 11.7. The zero-order valence-corrected chi connectivity index (χ0v) is 10.8. The predicted octanol–water partition coefficient (Wildman–Crippen LogP) is 1.61. The summed E-state index contributed by atoms with van der Waals surface area (Å²) in [5.41, 5.74) is 0.0207. The molecule has 1 heterocycles. The van der Waals surface area contributed by atoms with Crippen molar-refractivity contribution in [2.24, 2.45) is 5.92 Å². The molecular weight excluding hydrogens is 252 g/mol. The summed E-state index contributed by atoms with van der Waals surface area (Å²) in [4.78, 5) is 25.5. The second-order valence-corrected chi connectivity index (χ2v) is 3.88. The van der Waals surface area contributed by atoms with Crippen molar-refractivity contribution in [1.29, 1.82) is 0 Å². The van der Waals surface area contributed by atoms with Crippen LogP contribution in [0.4, 0.5) is 5.82 Å². The third-order valence-corrected chi connectivity index (χ3v) is 2.72. The number of aromatic nitrogens is 1. The van der Waals surface area contributed by atoms with E-state index in [-0.39, 0.29) is 12.2 Å². The van der Waals surface area contributed by atoms with Gasteiger partial charge >= 0.3 is 11.8 Å². The molecule has 19 heavy (non-hydrogen) atoms. The minimum Gasteiger partial charge on any atom is -0.466 e. The fourth-order valence-electron chi connectivity index (χ4n) is 1.78. The molecule has 0 saturated heterocycles. The zero-order valence-electron chi connectivity index (χ0n) is 10.8. The fraction of sp³-hybridized carbons (Fsp3) is 0.500. The third kappa shape index (κ3) is 3.47. The van der Waals surface area contributed by atoms with Crippen LogP contribution in [0, 0.1) is 16.0 Å². The van der Waals surface area contributed by atoms with Gasteiger partial charge < -0.3 is 20.0 Å². The molecule has 2 atom stereocenters. The van der Waals surface area contributed by atoms with Gasteiger partial charge in [0.1, 0.15) is 12.3 Å². The topological polar surface area (TPSA) is 103 Å². The summed E-state index contributed by atoms with van der Waals surface area (Å²) >= 11 is 0. The highest BCUT2D eigenvalue weighted by atomic mass is 16.6. The molecule has 0 radical (unpaired) electrons. The quantitative estimate of drug-likeness (QED) is 0.477. The van der Waals surface area contributed by atoms with Gasteiger partial charge in [-0.05, 0) is 35.4 Å². The average Bonchev–Trinajstić information content (AvgIpc) is 2.39. The number of hydrogen-bond donors (Lipinski definition) is 1. The van der Waals surface area contributed by atoms with Gasteiger partial charge in [-0.3, -0.25) is 4.79 Å². The number of carbonyl (C=O) groups is 1. The molecule has 1 N–H and O–H groups in total. The molecule has 7 nitrogen and oxygen atoms in total. The number of aliphatic hydroxyl groups is 1. The molecular formula is C12H16N2O5. The lowest BCUT2D eigenvalue weighted by molar-refractivity contribution is -0.391. The first-order valence-electron chi connectivity index (χ1n) is 5.96. The molecule has 1 aromatic heterocycles. The van der Waals surface area contributed by atoms with E-state index in [9.17, 15) is 20.0 Å². The van der Waals surface area contributed by atoms with Gasteiger partial charge in [0.25, 0.3) is 0 Å². The molecule has 1 rings (SSSR count). The Balaban J connectivity index is 3.07. The largest absolute Gasteiger partial charge is 0.466 e. The second-order valence-electron chi connectivity index (χ2n) is 3.88. The van der Waals surface area contributed by atoms with Crippen molar-refractivity contribution in [3.63, 3.8) is 0 Å². The number of nitrogens with zero attached hydrogens (tertiary/aromatic N) is 2. The number of rotatable bonds is 6. The Morgan fingerprint density at radius 3 is 2.79 bits per heavy atom. The molecule has 0 spiro atoms. The van der Waals surface area contributed by atoms with Gasteiger partial charge in [-0.15, -0.1) is 0 Å². The van der Waals surface area contributed by atoms with E-state index in [0.717, 1.165) is 0 Å². The minimum atomic E-state index is -1.31. The van der Waals surface area contributed by atoms with Gasteiger partial charge in [-0.25, -0.2) is 0 Å². The Hall–Kier alpha value is -2.02. The van der Waals surface area contributed by atoms with Crippen LogP contribution >= 0.6 is 0 Å². The molecule has 0 aromatic carbocycles.